The summed E-state index contributed by atoms with van der Waals surface area (Å²) in [4.78, 5) is 36.5. The van der Waals surface area contributed by atoms with Gasteiger partial charge in [-0.05, 0) is 42.5 Å². The molecule has 0 atom stereocenters. The monoisotopic (exact) mass is 397 g/mol. The molecule has 0 bridgehead atoms. The van der Waals surface area contributed by atoms with Crippen molar-refractivity contribution in [3.63, 3.8) is 0 Å². The van der Waals surface area contributed by atoms with E-state index < -0.39 is 16.8 Å². The summed E-state index contributed by atoms with van der Waals surface area (Å²) in [6.45, 7) is 3.78. The summed E-state index contributed by atoms with van der Waals surface area (Å²) in [5.74, 6) is -0.752. The van der Waals surface area contributed by atoms with Gasteiger partial charge in [-0.15, -0.1) is 0 Å². The Morgan fingerprint density at radius 1 is 1.17 bits per heavy atom. The number of nitrogens with one attached hydrogen (secondary N) is 1. The third kappa shape index (κ3) is 5.10. The molecule has 29 heavy (non-hydrogen) atoms. The smallest absolute Gasteiger partial charge is 0.307 e. The highest BCUT2D eigenvalue weighted by molar-refractivity contribution is 6.08. The average molecular weight is 397 g/mol. The van der Waals surface area contributed by atoms with Crippen LogP contribution in [-0.4, -0.2) is 35.0 Å². The number of carbonyl (C=O) groups is 2. The SMILES string of the molecule is CC1CCN(c2ccc([N+](=O)[O-])cc2C(=O)Nc2ccc(CC(=O)O)cc2)CC1. The molecule has 0 unspecified atom stereocenters. The molecule has 2 aromatic carbocycles. The minimum Gasteiger partial charge on any atom is -0.481 e. The first-order valence-corrected chi connectivity index (χ1v) is 9.49. The second-order valence-corrected chi connectivity index (χ2v) is 7.35. The molecule has 0 saturated carbocycles. The second-order valence-electron chi connectivity index (χ2n) is 7.35. The topological polar surface area (TPSA) is 113 Å². The number of aliphatic carboxylic acids is 1. The van der Waals surface area contributed by atoms with E-state index in [1.807, 2.05) is 0 Å². The summed E-state index contributed by atoms with van der Waals surface area (Å²) in [7, 11) is 0. The van der Waals surface area contributed by atoms with Gasteiger partial charge < -0.3 is 15.3 Å². The second kappa shape index (κ2) is 8.72. The van der Waals surface area contributed by atoms with E-state index in [2.05, 4.69) is 17.1 Å². The quantitative estimate of drug-likeness (QED) is 0.567. The van der Waals surface area contributed by atoms with Crippen molar-refractivity contribution >= 4 is 28.9 Å². The standard InChI is InChI=1S/C21H23N3O5/c1-14-8-10-23(11-9-14)19-7-6-17(24(28)29)13-18(19)21(27)22-16-4-2-15(3-5-16)12-20(25)26/h2-7,13-14H,8-12H2,1H3,(H,22,27)(H,25,26). The zero-order valence-electron chi connectivity index (χ0n) is 16.1. The third-order valence-corrected chi connectivity index (χ3v) is 5.13. The molecule has 1 amide bonds. The lowest BCUT2D eigenvalue weighted by molar-refractivity contribution is -0.384. The Bertz CT molecular complexity index is 918. The van der Waals surface area contributed by atoms with Gasteiger partial charge in [-0.3, -0.25) is 19.7 Å². The fourth-order valence-corrected chi connectivity index (χ4v) is 3.42. The number of rotatable bonds is 6. The Labute approximate surface area is 168 Å². The number of amides is 1. The molecule has 1 heterocycles. The van der Waals surface area contributed by atoms with Crippen LogP contribution in [0.2, 0.25) is 0 Å². The van der Waals surface area contributed by atoms with E-state index >= 15 is 0 Å². The Hall–Kier alpha value is -3.42. The summed E-state index contributed by atoms with van der Waals surface area (Å²) in [6.07, 6.45) is 1.91. The molecule has 0 spiro atoms. The summed E-state index contributed by atoms with van der Waals surface area (Å²) in [5, 5.41) is 22.8. The van der Waals surface area contributed by atoms with Crippen molar-refractivity contribution in [2.45, 2.75) is 26.2 Å². The fraction of sp³-hybridized carbons (Fsp3) is 0.333. The first kappa shape index (κ1) is 20.3. The molecule has 2 aromatic rings. The van der Waals surface area contributed by atoms with Crippen molar-refractivity contribution in [2.75, 3.05) is 23.3 Å². The van der Waals surface area contributed by atoms with Crippen molar-refractivity contribution < 1.29 is 19.6 Å². The Kier molecular flexibility index (Phi) is 6.11. The molecule has 8 nitrogen and oxygen atoms in total. The number of non-ortho nitro benzene ring substituents is 1. The molecule has 3 rings (SSSR count). The van der Waals surface area contributed by atoms with E-state index in [9.17, 15) is 19.7 Å². The number of anilines is 2. The van der Waals surface area contributed by atoms with Gasteiger partial charge in [0.15, 0.2) is 0 Å². The van der Waals surface area contributed by atoms with Gasteiger partial charge in [0.05, 0.1) is 22.6 Å². The molecule has 1 aliphatic rings. The van der Waals surface area contributed by atoms with Crippen LogP contribution in [0.1, 0.15) is 35.7 Å². The average Bonchev–Trinajstić information content (AvgIpc) is 2.69. The zero-order valence-corrected chi connectivity index (χ0v) is 16.1. The van der Waals surface area contributed by atoms with Crippen LogP contribution in [0.25, 0.3) is 0 Å². The molecule has 0 radical (unpaired) electrons. The van der Waals surface area contributed by atoms with E-state index in [4.69, 9.17) is 5.11 Å². The van der Waals surface area contributed by atoms with E-state index in [0.29, 0.717) is 22.9 Å². The maximum Gasteiger partial charge on any atom is 0.307 e. The maximum atomic E-state index is 12.9. The Balaban J connectivity index is 1.84. The molecule has 0 aromatic heterocycles. The van der Waals surface area contributed by atoms with E-state index in [0.717, 1.165) is 25.9 Å². The molecule has 8 heteroatoms. The molecular formula is C21H23N3O5. The van der Waals surface area contributed by atoms with Crippen LogP contribution in [0.3, 0.4) is 0 Å². The summed E-state index contributed by atoms with van der Waals surface area (Å²) in [6, 6.07) is 10.9. The third-order valence-electron chi connectivity index (χ3n) is 5.13. The molecular weight excluding hydrogens is 374 g/mol. The van der Waals surface area contributed by atoms with Crippen LogP contribution in [0.4, 0.5) is 17.1 Å². The van der Waals surface area contributed by atoms with E-state index in [-0.39, 0.29) is 17.7 Å². The normalized spacial score (nSPS) is 14.4. The van der Waals surface area contributed by atoms with Crippen molar-refractivity contribution in [1.29, 1.82) is 0 Å². The zero-order chi connectivity index (χ0) is 21.0. The largest absolute Gasteiger partial charge is 0.481 e. The van der Waals surface area contributed by atoms with Crippen LogP contribution >= 0.6 is 0 Å². The van der Waals surface area contributed by atoms with Crippen molar-refractivity contribution in [2.24, 2.45) is 5.92 Å². The number of nitro benzene ring substituents is 1. The first-order chi connectivity index (χ1) is 13.8. The van der Waals surface area contributed by atoms with Gasteiger partial charge in [0, 0.05) is 30.9 Å². The predicted molar refractivity (Wildman–Crippen MR) is 109 cm³/mol. The number of hydrogen-bond donors (Lipinski definition) is 2. The van der Waals surface area contributed by atoms with Gasteiger partial charge in [-0.2, -0.15) is 0 Å². The van der Waals surface area contributed by atoms with E-state index in [1.54, 1.807) is 30.3 Å². The predicted octanol–water partition coefficient (Wildman–Crippen LogP) is 3.71. The maximum absolute atomic E-state index is 12.9. The Morgan fingerprint density at radius 3 is 2.41 bits per heavy atom. The molecule has 152 valence electrons. The van der Waals surface area contributed by atoms with Crippen LogP contribution in [0, 0.1) is 16.0 Å². The van der Waals surface area contributed by atoms with Gasteiger partial charge in [0.2, 0.25) is 0 Å². The number of hydrogen-bond acceptors (Lipinski definition) is 5. The van der Waals surface area contributed by atoms with Crippen molar-refractivity contribution in [3.05, 3.63) is 63.7 Å². The van der Waals surface area contributed by atoms with Crippen LogP contribution in [0.5, 0.6) is 0 Å². The van der Waals surface area contributed by atoms with Crippen molar-refractivity contribution in [1.82, 2.24) is 0 Å². The summed E-state index contributed by atoms with van der Waals surface area (Å²) < 4.78 is 0. The fourth-order valence-electron chi connectivity index (χ4n) is 3.42. The highest BCUT2D eigenvalue weighted by Gasteiger charge is 2.23. The first-order valence-electron chi connectivity index (χ1n) is 9.49. The Morgan fingerprint density at radius 2 is 1.83 bits per heavy atom. The number of piperidine rings is 1. The van der Waals surface area contributed by atoms with Gasteiger partial charge in [0.1, 0.15) is 0 Å². The van der Waals surface area contributed by atoms with Crippen molar-refractivity contribution in [3.8, 4) is 0 Å². The van der Waals surface area contributed by atoms with Gasteiger partial charge >= 0.3 is 5.97 Å². The van der Waals surface area contributed by atoms with Gasteiger partial charge in [-0.1, -0.05) is 19.1 Å². The lowest BCUT2D eigenvalue weighted by atomic mass is 9.98. The molecule has 1 saturated heterocycles. The molecule has 1 fully saturated rings. The number of benzene rings is 2. The van der Waals surface area contributed by atoms with Gasteiger partial charge in [-0.25, -0.2) is 0 Å². The lowest BCUT2D eigenvalue weighted by Gasteiger charge is -2.33. The number of nitrogens with zero attached hydrogens (tertiary/aromatic N) is 2. The minimum absolute atomic E-state index is 0.101. The number of carboxylic acids is 1. The molecule has 2 N–H and O–H groups in total. The van der Waals surface area contributed by atoms with Gasteiger partial charge in [0.25, 0.3) is 11.6 Å². The lowest BCUT2D eigenvalue weighted by Crippen LogP contribution is -2.34. The molecule has 0 aliphatic carbocycles. The number of carboxylic acid groups (broad SMARTS) is 1. The highest BCUT2D eigenvalue weighted by atomic mass is 16.6. The minimum atomic E-state index is -0.932. The van der Waals surface area contributed by atoms with Crippen LogP contribution in [0.15, 0.2) is 42.5 Å². The number of nitro groups is 1. The van der Waals surface area contributed by atoms with E-state index in [1.165, 1.54) is 12.1 Å². The molecule has 1 aliphatic heterocycles. The van der Waals surface area contributed by atoms with Crippen LogP contribution < -0.4 is 10.2 Å². The summed E-state index contributed by atoms with van der Waals surface area (Å²) in [5.41, 5.74) is 1.91. The number of carbonyl (C=O) groups excluding carboxylic acids is 1. The highest BCUT2D eigenvalue weighted by Crippen LogP contribution is 2.30. The summed E-state index contributed by atoms with van der Waals surface area (Å²) >= 11 is 0. The van der Waals surface area contributed by atoms with Crippen LogP contribution in [-0.2, 0) is 11.2 Å².